The molecule has 9 heteroatoms. The van der Waals surface area contributed by atoms with Crippen molar-refractivity contribution < 1.29 is 9.53 Å². The van der Waals surface area contributed by atoms with Crippen molar-refractivity contribution in [2.24, 2.45) is 7.05 Å². The number of anilines is 1. The molecule has 0 aliphatic heterocycles. The van der Waals surface area contributed by atoms with Crippen LogP contribution in [0.5, 0.6) is 0 Å². The van der Waals surface area contributed by atoms with E-state index in [4.69, 9.17) is 4.74 Å². The Morgan fingerprint density at radius 1 is 1.16 bits per heavy atom. The van der Waals surface area contributed by atoms with Gasteiger partial charge < -0.3 is 15.4 Å². The van der Waals surface area contributed by atoms with Crippen molar-refractivity contribution in [3.05, 3.63) is 47.1 Å². The predicted octanol–water partition coefficient (Wildman–Crippen LogP) is 2.98. The molecule has 3 aromatic rings. The molecule has 3 aromatic heterocycles. The summed E-state index contributed by atoms with van der Waals surface area (Å²) < 4.78 is 8.47. The lowest BCUT2D eigenvalue weighted by Gasteiger charge is -2.22. The zero-order chi connectivity index (χ0) is 22.2. The summed E-state index contributed by atoms with van der Waals surface area (Å²) in [6.07, 6.45) is 5.57. The number of amides is 1. The fourth-order valence-corrected chi connectivity index (χ4v) is 3.93. The van der Waals surface area contributed by atoms with E-state index in [-0.39, 0.29) is 23.9 Å². The number of nitrogens with zero attached hydrogens (tertiary/aromatic N) is 4. The van der Waals surface area contributed by atoms with Gasteiger partial charge in [-0.05, 0) is 64.3 Å². The quantitative estimate of drug-likeness (QED) is 0.667. The maximum absolute atomic E-state index is 12.7. The number of aromatic nitrogens is 4. The molecule has 0 bridgehead atoms. The molecule has 164 valence electrons. The third kappa shape index (κ3) is 4.55. The molecule has 31 heavy (non-hydrogen) atoms. The van der Waals surface area contributed by atoms with Gasteiger partial charge in [-0.15, -0.1) is 0 Å². The first-order valence-corrected chi connectivity index (χ1v) is 10.5. The first kappa shape index (κ1) is 20.9. The Morgan fingerprint density at radius 2 is 1.94 bits per heavy atom. The van der Waals surface area contributed by atoms with Gasteiger partial charge in [0.15, 0.2) is 5.65 Å². The summed E-state index contributed by atoms with van der Waals surface area (Å²) in [7, 11) is 1.73. The van der Waals surface area contributed by atoms with Gasteiger partial charge in [0.1, 0.15) is 11.4 Å². The minimum Gasteiger partial charge on any atom is -0.444 e. The predicted molar refractivity (Wildman–Crippen MR) is 119 cm³/mol. The Hall–Kier alpha value is -3.36. The number of carbonyl (C=O) groups is 1. The van der Waals surface area contributed by atoms with Crippen molar-refractivity contribution in [1.29, 1.82) is 0 Å². The number of pyridine rings is 2. The number of rotatable bonds is 4. The lowest BCUT2D eigenvalue weighted by molar-refractivity contribution is 0.0505. The van der Waals surface area contributed by atoms with E-state index in [1.165, 1.54) is 0 Å². The van der Waals surface area contributed by atoms with Gasteiger partial charge in [0, 0.05) is 25.3 Å². The van der Waals surface area contributed by atoms with Crippen LogP contribution in [-0.4, -0.2) is 42.9 Å². The molecule has 0 radical (unpaired) electrons. The van der Waals surface area contributed by atoms with Crippen LogP contribution in [0.2, 0.25) is 0 Å². The summed E-state index contributed by atoms with van der Waals surface area (Å²) in [6, 6.07) is 7.68. The van der Waals surface area contributed by atoms with Crippen molar-refractivity contribution >= 4 is 23.1 Å². The average molecular weight is 425 g/mol. The SMILES string of the molecule is Cn1c(=O)n(-c2ccc(N[C@H]3CC[C@H](NC(=O)OC(C)(C)C)C3)nc2)c2ncccc21. The van der Waals surface area contributed by atoms with Crippen molar-refractivity contribution in [1.82, 2.24) is 24.4 Å². The van der Waals surface area contributed by atoms with Crippen LogP contribution in [-0.2, 0) is 11.8 Å². The molecular formula is C22H28N6O3. The van der Waals surface area contributed by atoms with E-state index in [9.17, 15) is 9.59 Å². The molecule has 9 nitrogen and oxygen atoms in total. The number of carbonyl (C=O) groups excluding carboxylic acids is 1. The van der Waals surface area contributed by atoms with Crippen LogP contribution in [0.25, 0.3) is 16.9 Å². The van der Waals surface area contributed by atoms with Gasteiger partial charge in [0.05, 0.1) is 17.4 Å². The summed E-state index contributed by atoms with van der Waals surface area (Å²) >= 11 is 0. The lowest BCUT2D eigenvalue weighted by Crippen LogP contribution is -2.38. The zero-order valence-electron chi connectivity index (χ0n) is 18.3. The highest BCUT2D eigenvalue weighted by molar-refractivity contribution is 5.73. The van der Waals surface area contributed by atoms with Crippen LogP contribution in [0, 0.1) is 0 Å². The second kappa shape index (κ2) is 8.05. The van der Waals surface area contributed by atoms with Crippen LogP contribution in [0.4, 0.5) is 10.6 Å². The van der Waals surface area contributed by atoms with E-state index in [0.717, 1.165) is 30.6 Å². The molecule has 1 aliphatic rings. The third-order valence-corrected chi connectivity index (χ3v) is 5.33. The van der Waals surface area contributed by atoms with Crippen LogP contribution >= 0.6 is 0 Å². The number of ether oxygens (including phenoxy) is 1. The highest BCUT2D eigenvalue weighted by Gasteiger charge is 2.28. The Bertz CT molecular complexity index is 1140. The van der Waals surface area contributed by atoms with Gasteiger partial charge >= 0.3 is 11.8 Å². The molecular weight excluding hydrogens is 396 g/mol. The first-order valence-electron chi connectivity index (χ1n) is 10.5. The molecule has 4 rings (SSSR count). The minimum atomic E-state index is -0.506. The Balaban J connectivity index is 1.41. The highest BCUT2D eigenvalue weighted by atomic mass is 16.6. The van der Waals surface area contributed by atoms with Crippen LogP contribution in [0.15, 0.2) is 41.5 Å². The van der Waals surface area contributed by atoms with Crippen LogP contribution in [0.3, 0.4) is 0 Å². The smallest absolute Gasteiger partial charge is 0.407 e. The summed E-state index contributed by atoms with van der Waals surface area (Å²) in [6.45, 7) is 5.55. The maximum Gasteiger partial charge on any atom is 0.407 e. The number of hydrogen-bond donors (Lipinski definition) is 2. The Morgan fingerprint density at radius 3 is 2.65 bits per heavy atom. The van der Waals surface area contributed by atoms with Gasteiger partial charge in [-0.2, -0.15) is 0 Å². The summed E-state index contributed by atoms with van der Waals surface area (Å²) in [5.41, 5.74) is 1.36. The van der Waals surface area contributed by atoms with Gasteiger partial charge in [-0.1, -0.05) is 0 Å². The van der Waals surface area contributed by atoms with Gasteiger partial charge in [0.25, 0.3) is 0 Å². The fraction of sp³-hybridized carbons (Fsp3) is 0.455. The Labute approximate surface area is 180 Å². The molecule has 1 amide bonds. The molecule has 2 atom stereocenters. The second-order valence-corrected chi connectivity index (χ2v) is 8.92. The number of fused-ring (bicyclic) bond motifs is 1. The molecule has 2 N–H and O–H groups in total. The number of aryl methyl sites for hydroxylation is 1. The summed E-state index contributed by atoms with van der Waals surface area (Å²) in [5, 5.41) is 6.36. The minimum absolute atomic E-state index is 0.0759. The standard InChI is InChI=1S/C22H28N6O3/c1-22(2,3)31-20(29)26-15-8-7-14(12-15)25-18-10-9-16(13-24-18)28-19-17(6-5-11-23-19)27(4)21(28)30/h5-6,9-11,13-15H,7-8,12H2,1-4H3,(H,24,25)(H,26,29)/t14-,15-/m0/s1. The normalized spacial score (nSPS) is 18.8. The number of alkyl carbamates (subject to hydrolysis) is 1. The molecule has 0 aromatic carbocycles. The van der Waals surface area contributed by atoms with Gasteiger partial charge in [-0.25, -0.2) is 24.1 Å². The van der Waals surface area contributed by atoms with Gasteiger partial charge in [-0.3, -0.25) is 4.57 Å². The largest absolute Gasteiger partial charge is 0.444 e. The monoisotopic (exact) mass is 424 g/mol. The topological polar surface area (TPSA) is 103 Å². The molecule has 0 saturated heterocycles. The van der Waals surface area contributed by atoms with Crippen molar-refractivity contribution in [2.75, 3.05) is 5.32 Å². The van der Waals surface area contributed by atoms with Crippen LogP contribution < -0.4 is 16.3 Å². The molecule has 1 aliphatic carbocycles. The highest BCUT2D eigenvalue weighted by Crippen LogP contribution is 2.23. The van der Waals surface area contributed by atoms with Crippen molar-refractivity contribution in [3.63, 3.8) is 0 Å². The zero-order valence-corrected chi connectivity index (χ0v) is 18.3. The van der Waals surface area contributed by atoms with E-state index < -0.39 is 5.60 Å². The van der Waals surface area contributed by atoms with E-state index in [1.807, 2.05) is 45.0 Å². The van der Waals surface area contributed by atoms with Gasteiger partial charge in [0.2, 0.25) is 0 Å². The first-order chi connectivity index (χ1) is 14.7. The molecule has 0 unspecified atom stereocenters. The summed E-state index contributed by atoms with van der Waals surface area (Å²) in [5.74, 6) is 0.730. The average Bonchev–Trinajstić information content (AvgIpc) is 3.24. The molecule has 3 heterocycles. The maximum atomic E-state index is 12.7. The van der Waals surface area contributed by atoms with E-state index in [0.29, 0.717) is 11.3 Å². The van der Waals surface area contributed by atoms with Crippen LogP contribution in [0.1, 0.15) is 40.0 Å². The summed E-state index contributed by atoms with van der Waals surface area (Å²) in [4.78, 5) is 33.5. The van der Waals surface area contributed by atoms with E-state index in [2.05, 4.69) is 20.6 Å². The third-order valence-electron chi connectivity index (χ3n) is 5.33. The number of imidazole rings is 1. The van der Waals surface area contributed by atoms with Crippen molar-refractivity contribution in [2.45, 2.75) is 57.7 Å². The molecule has 1 fully saturated rings. The lowest BCUT2D eigenvalue weighted by atomic mass is 10.2. The molecule has 1 saturated carbocycles. The number of nitrogens with one attached hydrogen (secondary N) is 2. The van der Waals surface area contributed by atoms with E-state index >= 15 is 0 Å². The van der Waals surface area contributed by atoms with E-state index in [1.54, 1.807) is 28.6 Å². The Kier molecular flexibility index (Phi) is 5.43. The fourth-order valence-electron chi connectivity index (χ4n) is 3.93. The second-order valence-electron chi connectivity index (χ2n) is 8.92. The molecule has 0 spiro atoms. The number of hydrogen-bond acceptors (Lipinski definition) is 6. The van der Waals surface area contributed by atoms with Crippen molar-refractivity contribution in [3.8, 4) is 5.69 Å².